The van der Waals surface area contributed by atoms with Crippen LogP contribution in [0.15, 0.2) is 24.3 Å². The van der Waals surface area contributed by atoms with Crippen LogP contribution in [0.25, 0.3) is 0 Å². The van der Waals surface area contributed by atoms with Crippen molar-refractivity contribution in [2.45, 2.75) is 13.3 Å². The van der Waals surface area contributed by atoms with Crippen molar-refractivity contribution < 1.29 is 4.39 Å². The highest BCUT2D eigenvalue weighted by Gasteiger charge is 2.07. The summed E-state index contributed by atoms with van der Waals surface area (Å²) in [6.45, 7) is 1.90. The number of nitrogens with zero attached hydrogens (tertiary/aromatic N) is 2. The SMILES string of the molecule is Cc1nc(Cc2ccc(F)cc2)nc(N)c1I. The first-order chi connectivity index (χ1) is 8.06. The van der Waals surface area contributed by atoms with Crippen molar-refractivity contribution in [2.75, 3.05) is 5.73 Å². The van der Waals surface area contributed by atoms with Crippen LogP contribution < -0.4 is 5.73 Å². The van der Waals surface area contributed by atoms with Crippen molar-refractivity contribution in [3.63, 3.8) is 0 Å². The lowest BCUT2D eigenvalue weighted by Crippen LogP contribution is -2.05. The number of benzene rings is 1. The summed E-state index contributed by atoms with van der Waals surface area (Å²) in [4.78, 5) is 8.58. The largest absolute Gasteiger partial charge is 0.383 e. The molecule has 5 heteroatoms. The van der Waals surface area contributed by atoms with Crippen LogP contribution in [0.1, 0.15) is 17.1 Å². The molecule has 17 heavy (non-hydrogen) atoms. The molecule has 0 atom stereocenters. The van der Waals surface area contributed by atoms with Gasteiger partial charge < -0.3 is 5.73 Å². The Labute approximate surface area is 112 Å². The molecule has 0 aliphatic rings. The van der Waals surface area contributed by atoms with E-state index in [0.717, 1.165) is 14.8 Å². The van der Waals surface area contributed by atoms with Crippen molar-refractivity contribution in [3.05, 3.63) is 50.7 Å². The van der Waals surface area contributed by atoms with Crippen molar-refractivity contribution in [1.82, 2.24) is 9.97 Å². The van der Waals surface area contributed by atoms with Gasteiger partial charge in [0, 0.05) is 6.42 Å². The second-order valence-electron chi connectivity index (χ2n) is 3.73. The highest BCUT2D eigenvalue weighted by molar-refractivity contribution is 14.1. The van der Waals surface area contributed by atoms with Crippen LogP contribution in [0.2, 0.25) is 0 Å². The Kier molecular flexibility index (Phi) is 3.56. The Morgan fingerprint density at radius 2 is 1.88 bits per heavy atom. The Balaban J connectivity index is 2.27. The molecule has 0 radical (unpaired) electrons. The van der Waals surface area contributed by atoms with E-state index in [1.54, 1.807) is 12.1 Å². The van der Waals surface area contributed by atoms with Crippen molar-refractivity contribution >= 4 is 28.4 Å². The summed E-state index contributed by atoms with van der Waals surface area (Å²) in [5.41, 5.74) is 7.62. The van der Waals surface area contributed by atoms with E-state index in [1.165, 1.54) is 12.1 Å². The Bertz CT molecular complexity index is 517. The summed E-state index contributed by atoms with van der Waals surface area (Å²) in [5.74, 6) is 0.912. The van der Waals surface area contributed by atoms with Crippen molar-refractivity contribution in [1.29, 1.82) is 0 Å². The van der Waals surface area contributed by atoms with Crippen LogP contribution in [0.5, 0.6) is 0 Å². The van der Waals surface area contributed by atoms with Crippen molar-refractivity contribution in [3.8, 4) is 0 Å². The Morgan fingerprint density at radius 3 is 2.47 bits per heavy atom. The molecular formula is C12H11FIN3. The molecule has 2 N–H and O–H groups in total. The number of anilines is 1. The first-order valence-corrected chi connectivity index (χ1v) is 6.17. The number of rotatable bonds is 2. The molecule has 3 nitrogen and oxygen atoms in total. The third kappa shape index (κ3) is 2.91. The van der Waals surface area contributed by atoms with Gasteiger partial charge >= 0.3 is 0 Å². The van der Waals surface area contributed by atoms with Crippen LogP contribution in [-0.4, -0.2) is 9.97 Å². The van der Waals surface area contributed by atoms with Gasteiger partial charge in [-0.2, -0.15) is 0 Å². The fourth-order valence-corrected chi connectivity index (χ4v) is 1.75. The molecule has 0 spiro atoms. The fraction of sp³-hybridized carbons (Fsp3) is 0.167. The first kappa shape index (κ1) is 12.2. The quantitative estimate of drug-likeness (QED) is 0.853. The minimum atomic E-state index is -0.243. The lowest BCUT2D eigenvalue weighted by Gasteiger charge is -2.05. The maximum absolute atomic E-state index is 12.8. The van der Waals surface area contributed by atoms with Crippen molar-refractivity contribution in [2.24, 2.45) is 0 Å². The van der Waals surface area contributed by atoms with Crippen LogP contribution in [0.3, 0.4) is 0 Å². The second kappa shape index (κ2) is 4.95. The molecule has 0 amide bonds. The number of halogens is 2. The number of aromatic nitrogens is 2. The molecule has 0 unspecified atom stereocenters. The topological polar surface area (TPSA) is 51.8 Å². The molecule has 2 rings (SSSR count). The summed E-state index contributed by atoms with van der Waals surface area (Å²) in [5, 5.41) is 0. The molecule has 2 aromatic rings. The molecule has 0 aliphatic heterocycles. The van der Waals surface area contributed by atoms with E-state index in [4.69, 9.17) is 5.73 Å². The lowest BCUT2D eigenvalue weighted by molar-refractivity contribution is 0.627. The molecule has 1 heterocycles. The number of nitrogen functional groups attached to an aromatic ring is 1. The third-order valence-electron chi connectivity index (χ3n) is 2.36. The van der Waals surface area contributed by atoms with E-state index < -0.39 is 0 Å². The molecule has 88 valence electrons. The van der Waals surface area contributed by atoms with Gasteiger partial charge in [0.05, 0.1) is 9.26 Å². The summed E-state index contributed by atoms with van der Waals surface area (Å²) in [7, 11) is 0. The number of hydrogen-bond donors (Lipinski definition) is 1. The smallest absolute Gasteiger partial charge is 0.140 e. The van der Waals surface area contributed by atoms with E-state index in [9.17, 15) is 4.39 Å². The monoisotopic (exact) mass is 343 g/mol. The average molecular weight is 343 g/mol. The molecule has 1 aromatic heterocycles. The van der Waals surface area contributed by atoms with Crippen LogP contribution in [0.4, 0.5) is 10.2 Å². The van der Waals surface area contributed by atoms with E-state index in [1.807, 2.05) is 6.92 Å². The predicted octanol–water partition coefficient (Wildman–Crippen LogP) is 2.70. The molecule has 0 saturated heterocycles. The van der Waals surface area contributed by atoms with Gasteiger partial charge in [-0.05, 0) is 47.2 Å². The zero-order chi connectivity index (χ0) is 12.4. The number of nitrogens with two attached hydrogens (primary N) is 1. The maximum Gasteiger partial charge on any atom is 0.140 e. The predicted molar refractivity (Wildman–Crippen MR) is 73.1 cm³/mol. The molecular weight excluding hydrogens is 332 g/mol. The van der Waals surface area contributed by atoms with Gasteiger partial charge in [-0.3, -0.25) is 0 Å². The first-order valence-electron chi connectivity index (χ1n) is 5.09. The fourth-order valence-electron chi connectivity index (χ4n) is 1.51. The van der Waals surface area contributed by atoms with Crippen LogP contribution in [0, 0.1) is 16.3 Å². The highest BCUT2D eigenvalue weighted by Crippen LogP contribution is 2.16. The summed E-state index contributed by atoms with van der Waals surface area (Å²) < 4.78 is 13.6. The van der Waals surface area contributed by atoms with Gasteiger partial charge in [0.1, 0.15) is 17.5 Å². The van der Waals surface area contributed by atoms with E-state index in [2.05, 4.69) is 32.6 Å². The number of aryl methyl sites for hydroxylation is 1. The van der Waals surface area contributed by atoms with Gasteiger partial charge in [0.25, 0.3) is 0 Å². The minimum absolute atomic E-state index is 0.243. The average Bonchev–Trinajstić information content (AvgIpc) is 2.29. The van der Waals surface area contributed by atoms with Crippen LogP contribution >= 0.6 is 22.6 Å². The van der Waals surface area contributed by atoms with Gasteiger partial charge in [-0.25, -0.2) is 14.4 Å². The summed E-state index contributed by atoms with van der Waals surface area (Å²) >= 11 is 2.12. The Morgan fingerprint density at radius 1 is 1.24 bits per heavy atom. The standard InChI is InChI=1S/C12H11FIN3/c1-7-11(14)12(15)17-10(16-7)6-8-2-4-9(13)5-3-8/h2-5H,6H2,1H3,(H2,15,16,17). The van der Waals surface area contributed by atoms with E-state index in [-0.39, 0.29) is 5.82 Å². The summed E-state index contributed by atoms with van der Waals surface area (Å²) in [6.07, 6.45) is 0.558. The lowest BCUT2D eigenvalue weighted by atomic mass is 10.1. The van der Waals surface area contributed by atoms with E-state index >= 15 is 0 Å². The zero-order valence-electron chi connectivity index (χ0n) is 9.24. The molecule has 0 saturated carbocycles. The molecule has 0 fully saturated rings. The van der Waals surface area contributed by atoms with E-state index in [0.29, 0.717) is 18.1 Å². The second-order valence-corrected chi connectivity index (χ2v) is 4.81. The minimum Gasteiger partial charge on any atom is -0.383 e. The van der Waals surface area contributed by atoms with Crippen LogP contribution in [-0.2, 0) is 6.42 Å². The third-order valence-corrected chi connectivity index (χ3v) is 3.70. The molecule has 0 bridgehead atoms. The Hall–Kier alpha value is -1.24. The van der Waals surface area contributed by atoms with Gasteiger partial charge in [-0.15, -0.1) is 0 Å². The molecule has 0 aliphatic carbocycles. The summed E-state index contributed by atoms with van der Waals surface area (Å²) in [6, 6.07) is 6.31. The van der Waals surface area contributed by atoms with Gasteiger partial charge in [-0.1, -0.05) is 12.1 Å². The zero-order valence-corrected chi connectivity index (χ0v) is 11.4. The van der Waals surface area contributed by atoms with Gasteiger partial charge in [0.15, 0.2) is 0 Å². The number of hydrogen-bond acceptors (Lipinski definition) is 3. The molecule has 1 aromatic carbocycles. The normalized spacial score (nSPS) is 10.5. The van der Waals surface area contributed by atoms with Gasteiger partial charge in [0.2, 0.25) is 0 Å². The maximum atomic E-state index is 12.8. The highest BCUT2D eigenvalue weighted by atomic mass is 127.